The van der Waals surface area contributed by atoms with Crippen LogP contribution in [0.5, 0.6) is 11.5 Å². The Hall–Kier alpha value is -3.03. The van der Waals surface area contributed by atoms with Gasteiger partial charge in [-0.3, -0.25) is 14.4 Å². The van der Waals surface area contributed by atoms with Crippen molar-refractivity contribution in [1.29, 1.82) is 0 Å². The van der Waals surface area contributed by atoms with E-state index in [0.29, 0.717) is 11.3 Å². The lowest BCUT2D eigenvalue weighted by molar-refractivity contribution is -0.135. The minimum atomic E-state index is -1.26. The molecular weight excluding hydrogens is 304 g/mol. The number of amides is 1. The topological polar surface area (TPSA) is 129 Å². The van der Waals surface area contributed by atoms with E-state index in [1.54, 1.807) is 6.07 Å². The highest BCUT2D eigenvalue weighted by atomic mass is 16.5. The van der Waals surface area contributed by atoms with E-state index in [4.69, 9.17) is 9.84 Å². The molecule has 0 saturated carbocycles. The Labute approximate surface area is 130 Å². The van der Waals surface area contributed by atoms with Crippen molar-refractivity contribution < 1.29 is 24.5 Å². The number of aromatic hydroxyl groups is 1. The summed E-state index contributed by atoms with van der Waals surface area (Å²) < 4.78 is 5.50. The SMILES string of the molecule is CC(C)Oc1ccc2c(O)c(C(=O)NCC(=O)O)c(=O)[nH]c2c1. The van der Waals surface area contributed by atoms with Gasteiger partial charge in [0.1, 0.15) is 23.6 Å². The molecule has 0 aliphatic rings. The summed E-state index contributed by atoms with van der Waals surface area (Å²) in [5.74, 6) is -2.23. The van der Waals surface area contributed by atoms with Gasteiger partial charge in [-0.2, -0.15) is 0 Å². The summed E-state index contributed by atoms with van der Waals surface area (Å²) in [6, 6.07) is 4.64. The van der Waals surface area contributed by atoms with Gasteiger partial charge in [0.05, 0.1) is 11.6 Å². The Morgan fingerprint density at radius 3 is 2.65 bits per heavy atom. The standard InChI is InChI=1S/C15H16N2O6/c1-7(2)23-8-3-4-9-10(5-8)17-15(22)12(13(9)20)14(21)16-6-11(18)19/h3-5,7H,6H2,1-2H3,(H,16,21)(H,18,19)(H2,17,20,22). The number of fused-ring (bicyclic) bond motifs is 1. The number of pyridine rings is 1. The molecule has 0 unspecified atom stereocenters. The van der Waals surface area contributed by atoms with Crippen molar-refractivity contribution >= 4 is 22.8 Å². The molecule has 2 aromatic rings. The zero-order chi connectivity index (χ0) is 17.1. The number of ether oxygens (including phenoxy) is 1. The minimum Gasteiger partial charge on any atom is -0.506 e. The maximum absolute atomic E-state index is 12.0. The highest BCUT2D eigenvalue weighted by molar-refractivity contribution is 6.03. The van der Waals surface area contributed by atoms with E-state index < -0.39 is 35.3 Å². The fourth-order valence-electron chi connectivity index (χ4n) is 2.06. The summed E-state index contributed by atoms with van der Waals surface area (Å²) in [7, 11) is 0. The lowest BCUT2D eigenvalue weighted by Crippen LogP contribution is -2.33. The molecule has 0 spiro atoms. The van der Waals surface area contributed by atoms with Crippen molar-refractivity contribution in [3.63, 3.8) is 0 Å². The molecule has 1 heterocycles. The second kappa shape index (κ2) is 6.39. The number of carbonyl (C=O) groups is 2. The number of hydrogen-bond donors (Lipinski definition) is 4. The Morgan fingerprint density at radius 1 is 1.35 bits per heavy atom. The predicted octanol–water partition coefficient (Wildman–Crippen LogP) is 0.835. The third-order valence-corrected chi connectivity index (χ3v) is 2.96. The van der Waals surface area contributed by atoms with Gasteiger partial charge < -0.3 is 25.3 Å². The number of aromatic nitrogens is 1. The molecule has 0 bridgehead atoms. The van der Waals surface area contributed by atoms with E-state index in [0.717, 1.165) is 0 Å². The van der Waals surface area contributed by atoms with Crippen LogP contribution in [0.2, 0.25) is 0 Å². The molecule has 0 aliphatic carbocycles. The van der Waals surface area contributed by atoms with Crippen molar-refractivity contribution in [1.82, 2.24) is 10.3 Å². The van der Waals surface area contributed by atoms with Crippen LogP contribution in [0.4, 0.5) is 0 Å². The number of rotatable bonds is 5. The fraction of sp³-hybridized carbons (Fsp3) is 0.267. The molecule has 1 aromatic heterocycles. The van der Waals surface area contributed by atoms with E-state index in [1.165, 1.54) is 12.1 Å². The molecule has 1 amide bonds. The first-order valence-electron chi connectivity index (χ1n) is 6.85. The Kier molecular flexibility index (Phi) is 4.54. The van der Waals surface area contributed by atoms with E-state index in [1.807, 2.05) is 19.2 Å². The van der Waals surface area contributed by atoms with Crippen molar-refractivity contribution in [2.45, 2.75) is 20.0 Å². The van der Waals surface area contributed by atoms with Gasteiger partial charge in [-0.15, -0.1) is 0 Å². The van der Waals surface area contributed by atoms with Gasteiger partial charge >= 0.3 is 5.97 Å². The molecule has 0 aliphatic heterocycles. The lowest BCUT2D eigenvalue weighted by atomic mass is 10.1. The first kappa shape index (κ1) is 16.3. The van der Waals surface area contributed by atoms with Gasteiger partial charge in [-0.25, -0.2) is 0 Å². The summed E-state index contributed by atoms with van der Waals surface area (Å²) in [6.45, 7) is 3.04. The minimum absolute atomic E-state index is 0.0613. The lowest BCUT2D eigenvalue weighted by Gasteiger charge is -2.11. The molecule has 8 nitrogen and oxygen atoms in total. The molecular formula is C15H16N2O6. The highest BCUT2D eigenvalue weighted by Gasteiger charge is 2.19. The van der Waals surface area contributed by atoms with Crippen LogP contribution < -0.4 is 15.6 Å². The summed E-state index contributed by atoms with van der Waals surface area (Å²) in [5.41, 5.74) is -1.05. The van der Waals surface area contributed by atoms with Crippen LogP contribution >= 0.6 is 0 Å². The summed E-state index contributed by atoms with van der Waals surface area (Å²) in [5, 5.41) is 21.0. The zero-order valence-corrected chi connectivity index (χ0v) is 12.5. The molecule has 122 valence electrons. The van der Waals surface area contributed by atoms with E-state index in [9.17, 15) is 19.5 Å². The van der Waals surface area contributed by atoms with Crippen LogP contribution in [0.15, 0.2) is 23.0 Å². The van der Waals surface area contributed by atoms with E-state index in [2.05, 4.69) is 4.98 Å². The van der Waals surface area contributed by atoms with Crippen molar-refractivity contribution in [3.8, 4) is 11.5 Å². The maximum atomic E-state index is 12.0. The van der Waals surface area contributed by atoms with Crippen LogP contribution in [0, 0.1) is 0 Å². The van der Waals surface area contributed by atoms with Gasteiger partial charge in [0.15, 0.2) is 0 Å². The number of hydrogen-bond acceptors (Lipinski definition) is 5. The second-order valence-electron chi connectivity index (χ2n) is 5.13. The number of nitrogens with one attached hydrogen (secondary N) is 2. The molecule has 0 radical (unpaired) electrons. The molecule has 1 aromatic carbocycles. The number of carboxylic acid groups (broad SMARTS) is 1. The largest absolute Gasteiger partial charge is 0.506 e. The van der Waals surface area contributed by atoms with E-state index >= 15 is 0 Å². The van der Waals surface area contributed by atoms with Gasteiger partial charge in [-0.05, 0) is 26.0 Å². The van der Waals surface area contributed by atoms with Gasteiger partial charge in [0.25, 0.3) is 11.5 Å². The average Bonchev–Trinajstić information content (AvgIpc) is 2.44. The monoisotopic (exact) mass is 320 g/mol. The quantitative estimate of drug-likeness (QED) is 0.646. The molecule has 8 heteroatoms. The van der Waals surface area contributed by atoms with Crippen molar-refractivity contribution in [2.75, 3.05) is 6.54 Å². The van der Waals surface area contributed by atoms with Crippen LogP contribution in [0.1, 0.15) is 24.2 Å². The Morgan fingerprint density at radius 2 is 2.04 bits per heavy atom. The predicted molar refractivity (Wildman–Crippen MR) is 82.0 cm³/mol. The van der Waals surface area contributed by atoms with Crippen LogP contribution in [-0.4, -0.2) is 39.7 Å². The number of carbonyl (C=O) groups excluding carboxylic acids is 1. The first-order chi connectivity index (χ1) is 10.8. The number of H-pyrrole nitrogens is 1. The van der Waals surface area contributed by atoms with E-state index in [-0.39, 0.29) is 11.5 Å². The fourth-order valence-corrected chi connectivity index (χ4v) is 2.06. The smallest absolute Gasteiger partial charge is 0.322 e. The third kappa shape index (κ3) is 3.60. The van der Waals surface area contributed by atoms with Gasteiger partial charge in [-0.1, -0.05) is 0 Å². The Balaban J connectivity index is 2.47. The number of benzene rings is 1. The first-order valence-corrected chi connectivity index (χ1v) is 6.85. The average molecular weight is 320 g/mol. The van der Waals surface area contributed by atoms with Crippen molar-refractivity contribution in [2.24, 2.45) is 0 Å². The molecule has 4 N–H and O–H groups in total. The zero-order valence-electron chi connectivity index (χ0n) is 12.5. The number of aromatic amines is 1. The molecule has 2 rings (SSSR count). The number of aliphatic carboxylic acids is 1. The molecule has 0 fully saturated rings. The molecule has 23 heavy (non-hydrogen) atoms. The van der Waals surface area contributed by atoms with Gasteiger partial charge in [0, 0.05) is 11.5 Å². The normalized spacial score (nSPS) is 10.7. The Bertz CT molecular complexity index is 825. The van der Waals surface area contributed by atoms with Gasteiger partial charge in [0.2, 0.25) is 0 Å². The highest BCUT2D eigenvalue weighted by Crippen LogP contribution is 2.28. The van der Waals surface area contributed by atoms with Crippen LogP contribution in [0.3, 0.4) is 0 Å². The summed E-state index contributed by atoms with van der Waals surface area (Å²) in [4.78, 5) is 36.8. The second-order valence-corrected chi connectivity index (χ2v) is 5.13. The molecule has 0 atom stereocenters. The van der Waals surface area contributed by atoms with Crippen LogP contribution in [0.25, 0.3) is 10.9 Å². The third-order valence-electron chi connectivity index (χ3n) is 2.96. The summed E-state index contributed by atoms with van der Waals surface area (Å²) >= 11 is 0. The van der Waals surface area contributed by atoms with Crippen LogP contribution in [-0.2, 0) is 4.79 Å². The summed E-state index contributed by atoms with van der Waals surface area (Å²) in [6.07, 6.45) is -0.0613. The molecule has 0 saturated heterocycles. The number of carboxylic acids is 1. The maximum Gasteiger partial charge on any atom is 0.322 e. The van der Waals surface area contributed by atoms with Crippen molar-refractivity contribution in [3.05, 3.63) is 34.1 Å².